The molecule has 1 heterocycles. The minimum absolute atomic E-state index is 0.0959. The van der Waals surface area contributed by atoms with Crippen molar-refractivity contribution in [2.24, 2.45) is 0 Å². The minimum Gasteiger partial charge on any atom is -0.479 e. The van der Waals surface area contributed by atoms with Crippen LogP contribution in [0.5, 0.6) is 17.2 Å². The Kier molecular flexibility index (Phi) is 6.59. The van der Waals surface area contributed by atoms with Crippen LogP contribution in [0.3, 0.4) is 0 Å². The summed E-state index contributed by atoms with van der Waals surface area (Å²) in [5.74, 6) is 0.495. The zero-order valence-electron chi connectivity index (χ0n) is 16.7. The van der Waals surface area contributed by atoms with Crippen molar-refractivity contribution in [3.05, 3.63) is 63.8 Å². The number of nitrogens with zero attached hydrogens (tertiary/aromatic N) is 3. The summed E-state index contributed by atoms with van der Waals surface area (Å²) in [6, 6.07) is 10.8. The van der Waals surface area contributed by atoms with Gasteiger partial charge in [-0.1, -0.05) is 11.6 Å². The third kappa shape index (κ3) is 4.85. The molecule has 2 aromatic carbocycles. The van der Waals surface area contributed by atoms with E-state index in [-0.39, 0.29) is 21.1 Å². The molecule has 8 nitrogen and oxygen atoms in total. The van der Waals surface area contributed by atoms with E-state index >= 15 is 0 Å². The molecule has 0 aliphatic rings. The van der Waals surface area contributed by atoms with Crippen LogP contribution in [0.15, 0.2) is 47.3 Å². The van der Waals surface area contributed by atoms with Gasteiger partial charge < -0.3 is 14.2 Å². The summed E-state index contributed by atoms with van der Waals surface area (Å²) >= 11 is 6.15. The number of alkyl halides is 2. The summed E-state index contributed by atoms with van der Waals surface area (Å²) in [5, 5.41) is 4.00. The first-order valence-electron chi connectivity index (χ1n) is 9.00. The molecule has 1 aromatic heterocycles. The lowest BCUT2D eigenvalue weighted by Crippen LogP contribution is -2.24. The van der Waals surface area contributed by atoms with E-state index < -0.39 is 24.3 Å². The number of rotatable bonds is 7. The predicted molar refractivity (Wildman–Crippen MR) is 107 cm³/mol. The van der Waals surface area contributed by atoms with E-state index in [9.17, 15) is 18.4 Å². The standard InChI is InChI=1S/C20H18ClF2N3O5/c1-11(18(27)29-3)30-13-4-6-14(7-5-13)31-15-8-9-16(21)17(10-15)26-20(28)25(19(22)23)12(2)24-26/h4-11,19H,1-3H3. The van der Waals surface area contributed by atoms with Crippen LogP contribution >= 0.6 is 11.6 Å². The van der Waals surface area contributed by atoms with Gasteiger partial charge in [-0.15, -0.1) is 5.10 Å². The van der Waals surface area contributed by atoms with Crippen molar-refractivity contribution in [2.45, 2.75) is 26.5 Å². The molecule has 0 amide bonds. The van der Waals surface area contributed by atoms with Crippen molar-refractivity contribution in [2.75, 3.05) is 7.11 Å². The highest BCUT2D eigenvalue weighted by atomic mass is 35.5. The van der Waals surface area contributed by atoms with Gasteiger partial charge in [-0.05, 0) is 50.2 Å². The largest absolute Gasteiger partial charge is 0.479 e. The fourth-order valence-corrected chi connectivity index (χ4v) is 2.91. The van der Waals surface area contributed by atoms with Crippen molar-refractivity contribution in [3.8, 4) is 22.9 Å². The van der Waals surface area contributed by atoms with Gasteiger partial charge in [-0.25, -0.2) is 14.2 Å². The lowest BCUT2D eigenvalue weighted by molar-refractivity contribution is -0.147. The Morgan fingerprint density at radius 2 is 1.71 bits per heavy atom. The summed E-state index contributed by atoms with van der Waals surface area (Å²) in [4.78, 5) is 23.7. The number of aryl methyl sites for hydroxylation is 1. The number of hydrogen-bond donors (Lipinski definition) is 0. The third-order valence-electron chi connectivity index (χ3n) is 4.23. The molecule has 0 bridgehead atoms. The molecular formula is C20H18ClF2N3O5. The molecule has 1 atom stereocenters. The highest BCUT2D eigenvalue weighted by Gasteiger charge is 2.20. The zero-order chi connectivity index (χ0) is 22.7. The lowest BCUT2D eigenvalue weighted by Gasteiger charge is -2.13. The molecule has 31 heavy (non-hydrogen) atoms. The van der Waals surface area contributed by atoms with E-state index in [1.165, 1.54) is 26.2 Å². The van der Waals surface area contributed by atoms with E-state index in [0.29, 0.717) is 17.2 Å². The number of carbonyl (C=O) groups is 1. The number of ether oxygens (including phenoxy) is 3. The number of halogens is 3. The van der Waals surface area contributed by atoms with Gasteiger partial charge in [-0.3, -0.25) is 0 Å². The van der Waals surface area contributed by atoms with E-state index in [1.807, 2.05) is 0 Å². The second-order valence-electron chi connectivity index (χ2n) is 6.36. The summed E-state index contributed by atoms with van der Waals surface area (Å²) < 4.78 is 43.0. The molecule has 3 aromatic rings. The normalized spacial score (nSPS) is 12.0. The molecule has 0 saturated heterocycles. The van der Waals surface area contributed by atoms with Crippen molar-refractivity contribution in [1.82, 2.24) is 14.3 Å². The first-order chi connectivity index (χ1) is 14.7. The zero-order valence-corrected chi connectivity index (χ0v) is 17.5. The fraction of sp³-hybridized carbons (Fsp3) is 0.250. The molecule has 0 radical (unpaired) electrons. The van der Waals surface area contributed by atoms with E-state index in [4.69, 9.17) is 21.1 Å². The maximum atomic E-state index is 13.1. The number of esters is 1. The van der Waals surface area contributed by atoms with Crippen LogP contribution in [-0.4, -0.2) is 33.5 Å². The van der Waals surface area contributed by atoms with E-state index in [1.54, 1.807) is 37.3 Å². The molecular weight excluding hydrogens is 436 g/mol. The van der Waals surface area contributed by atoms with Gasteiger partial charge >= 0.3 is 18.2 Å². The maximum Gasteiger partial charge on any atom is 0.355 e. The van der Waals surface area contributed by atoms with Gasteiger partial charge in [0.1, 0.15) is 23.1 Å². The Balaban J connectivity index is 1.82. The summed E-state index contributed by atoms with van der Waals surface area (Å²) in [7, 11) is 1.27. The van der Waals surface area contributed by atoms with Gasteiger partial charge in [0.2, 0.25) is 0 Å². The Labute approximate surface area is 180 Å². The van der Waals surface area contributed by atoms with Crippen LogP contribution in [0, 0.1) is 6.92 Å². The third-order valence-corrected chi connectivity index (χ3v) is 4.55. The van der Waals surface area contributed by atoms with Gasteiger partial charge in [0.15, 0.2) is 6.10 Å². The van der Waals surface area contributed by atoms with E-state index in [2.05, 4.69) is 9.84 Å². The number of methoxy groups -OCH3 is 1. The van der Waals surface area contributed by atoms with Crippen LogP contribution in [0.25, 0.3) is 5.69 Å². The van der Waals surface area contributed by atoms with Crippen LogP contribution in [0.1, 0.15) is 19.3 Å². The number of benzene rings is 2. The molecule has 0 saturated carbocycles. The maximum absolute atomic E-state index is 13.1. The van der Waals surface area contributed by atoms with E-state index in [0.717, 1.165) is 4.68 Å². The monoisotopic (exact) mass is 453 g/mol. The topological polar surface area (TPSA) is 84.6 Å². The first kappa shape index (κ1) is 22.3. The summed E-state index contributed by atoms with van der Waals surface area (Å²) in [6.45, 7) is -0.171. The highest BCUT2D eigenvalue weighted by Crippen LogP contribution is 2.29. The minimum atomic E-state index is -3.03. The molecule has 11 heteroatoms. The second kappa shape index (κ2) is 9.17. The Morgan fingerprint density at radius 3 is 2.29 bits per heavy atom. The number of aromatic nitrogens is 3. The Morgan fingerprint density at radius 1 is 1.10 bits per heavy atom. The summed E-state index contributed by atoms with van der Waals surface area (Å²) in [6.07, 6.45) is -0.773. The van der Waals surface area contributed by atoms with Gasteiger partial charge in [0.05, 0.1) is 17.8 Å². The average Bonchev–Trinajstić information content (AvgIpc) is 3.04. The molecule has 0 N–H and O–H groups in total. The molecule has 1 unspecified atom stereocenters. The molecule has 3 rings (SSSR count). The molecule has 0 aliphatic carbocycles. The molecule has 0 fully saturated rings. The van der Waals surface area contributed by atoms with Gasteiger partial charge in [0, 0.05) is 6.07 Å². The molecule has 0 aliphatic heterocycles. The first-order valence-corrected chi connectivity index (χ1v) is 9.37. The van der Waals surface area contributed by atoms with Crippen molar-refractivity contribution >= 4 is 17.6 Å². The van der Waals surface area contributed by atoms with Crippen molar-refractivity contribution < 1.29 is 27.8 Å². The molecule has 0 spiro atoms. The second-order valence-corrected chi connectivity index (χ2v) is 6.77. The van der Waals surface area contributed by atoms with Crippen LogP contribution in [0.4, 0.5) is 8.78 Å². The summed E-state index contributed by atoms with van der Waals surface area (Å²) in [5.41, 5.74) is -0.925. The number of hydrogen-bond acceptors (Lipinski definition) is 6. The van der Waals surface area contributed by atoms with Crippen LogP contribution in [-0.2, 0) is 9.53 Å². The smallest absolute Gasteiger partial charge is 0.355 e. The van der Waals surface area contributed by atoms with Gasteiger partial charge in [-0.2, -0.15) is 13.5 Å². The Bertz CT molecular complexity index is 1140. The quantitative estimate of drug-likeness (QED) is 0.500. The SMILES string of the molecule is COC(=O)C(C)Oc1ccc(Oc2ccc(Cl)c(-n3nc(C)n(C(F)F)c3=O)c2)cc1. The Hall–Kier alpha value is -3.40. The van der Waals surface area contributed by atoms with Crippen molar-refractivity contribution in [1.29, 1.82) is 0 Å². The average molecular weight is 454 g/mol. The fourth-order valence-electron chi connectivity index (χ4n) is 2.72. The predicted octanol–water partition coefficient (Wildman–Crippen LogP) is 4.12. The van der Waals surface area contributed by atoms with Crippen LogP contribution in [0.2, 0.25) is 5.02 Å². The van der Waals surface area contributed by atoms with Crippen molar-refractivity contribution in [3.63, 3.8) is 0 Å². The van der Waals surface area contributed by atoms with Gasteiger partial charge in [0.25, 0.3) is 0 Å². The van der Waals surface area contributed by atoms with Crippen LogP contribution < -0.4 is 15.2 Å². The lowest BCUT2D eigenvalue weighted by atomic mass is 10.3. The molecule has 164 valence electrons. The number of carbonyl (C=O) groups excluding carboxylic acids is 1. The highest BCUT2D eigenvalue weighted by molar-refractivity contribution is 6.32.